The SMILES string of the molecule is COc1cc2cc(O)c1Oc1cc(O)cc(c1)CC1CC3C=CC4=CC5c6c7c(ccc8c7cn6C2CC(=O)CC(OC(C)=O)CCC26C7=CC=CC2CC=CC6c2c[nH]cc2C(C#CC7)C(c2cccc(O)c2)C2=CCNC(=C2)N8CCC(C)=O)C(O)C52CCC5(CCC3(CC1CO)C45)C2. The fourth-order valence-corrected chi connectivity index (χ4v) is 23.0. The van der Waals surface area contributed by atoms with Gasteiger partial charge in [0.1, 0.15) is 40.7 Å². The predicted octanol–water partition coefficient (Wildman–Crippen LogP) is 15.2. The second-order valence-electron chi connectivity index (χ2n) is 31.9. The van der Waals surface area contributed by atoms with Crippen molar-refractivity contribution in [3.05, 3.63) is 208 Å². The molecule has 6 aromatic rings. The van der Waals surface area contributed by atoms with Crippen molar-refractivity contribution in [3.63, 3.8) is 0 Å². The number of ketones is 2. The number of nitrogens with zero attached hydrogens (tertiary/aromatic N) is 2. The number of dihydropyridines is 1. The van der Waals surface area contributed by atoms with Crippen LogP contribution in [0.15, 0.2) is 169 Å². The van der Waals surface area contributed by atoms with Crippen molar-refractivity contribution in [1.29, 1.82) is 0 Å². The number of aromatic nitrogens is 2. The Morgan fingerprint density at radius 2 is 1.72 bits per heavy atom. The molecule has 10 heterocycles. The van der Waals surface area contributed by atoms with Gasteiger partial charge in [-0.25, -0.2) is 0 Å². The minimum Gasteiger partial charge on any atom is -0.508 e. The van der Waals surface area contributed by atoms with Gasteiger partial charge in [0, 0.05) is 122 Å². The highest BCUT2D eigenvalue weighted by atomic mass is 16.5. The topological polar surface area (TPSA) is 216 Å². The maximum Gasteiger partial charge on any atom is 0.302 e. The first-order valence-corrected chi connectivity index (χ1v) is 36.9. The molecule has 518 valence electrons. The summed E-state index contributed by atoms with van der Waals surface area (Å²) < 4.78 is 21.7. The number of aromatic hydroxyl groups is 3. The molecule has 8 aliphatic heterocycles. The lowest BCUT2D eigenvalue weighted by molar-refractivity contribution is -0.148. The molecule has 4 spiro atoms. The molecule has 7 N–H and O–H groups in total. The summed E-state index contributed by atoms with van der Waals surface area (Å²) in [7, 11) is 1.52. The van der Waals surface area contributed by atoms with Crippen LogP contribution in [0.4, 0.5) is 5.69 Å². The van der Waals surface area contributed by atoms with E-state index in [4.69, 9.17) is 14.2 Å². The molecule has 101 heavy (non-hydrogen) atoms. The van der Waals surface area contributed by atoms with Crippen LogP contribution in [0.3, 0.4) is 0 Å². The molecular weight excluding hydrogens is 1260 g/mol. The lowest BCUT2D eigenvalue weighted by Gasteiger charge is -2.55. The Labute approximate surface area is 589 Å². The second kappa shape index (κ2) is 23.9. The Bertz CT molecular complexity index is 4790. The summed E-state index contributed by atoms with van der Waals surface area (Å²) >= 11 is 0. The molecule has 17 aliphatic rings. The zero-order valence-electron chi connectivity index (χ0n) is 57.6. The van der Waals surface area contributed by atoms with Crippen LogP contribution < -0.4 is 19.7 Å². The Balaban J connectivity index is 0.909. The number of aromatic amines is 1. The van der Waals surface area contributed by atoms with E-state index in [2.05, 4.69) is 129 Å². The van der Waals surface area contributed by atoms with Gasteiger partial charge in [-0.3, -0.25) is 14.4 Å². The molecule has 23 rings (SSSR count). The molecule has 2 aromatic heterocycles. The van der Waals surface area contributed by atoms with E-state index in [0.717, 1.165) is 113 Å². The predicted molar refractivity (Wildman–Crippen MR) is 384 cm³/mol. The monoisotopic (exact) mass is 1350 g/mol. The lowest BCUT2D eigenvalue weighted by Crippen LogP contribution is -2.48. The number of hydrogen-bond donors (Lipinski definition) is 7. The van der Waals surface area contributed by atoms with E-state index in [-0.39, 0.29) is 119 Å². The second-order valence-corrected chi connectivity index (χ2v) is 31.9. The van der Waals surface area contributed by atoms with E-state index >= 15 is 4.79 Å². The number of H-pyrrole nitrogens is 1. The number of aliphatic hydroxyl groups is 2. The molecule has 15 heteroatoms. The number of anilines is 1. The van der Waals surface area contributed by atoms with Gasteiger partial charge in [0.05, 0.1) is 30.9 Å². The highest BCUT2D eigenvalue weighted by molar-refractivity contribution is 6.01. The number of phenolic OH excluding ortho intramolecular Hbond substituents is 3. The van der Waals surface area contributed by atoms with Gasteiger partial charge in [-0.15, -0.1) is 0 Å². The van der Waals surface area contributed by atoms with Gasteiger partial charge in [-0.1, -0.05) is 90.3 Å². The summed E-state index contributed by atoms with van der Waals surface area (Å²) in [5, 5.41) is 66.9. The summed E-state index contributed by atoms with van der Waals surface area (Å²) in [6.45, 7) is 3.77. The van der Waals surface area contributed by atoms with Crippen LogP contribution in [0.25, 0.3) is 10.8 Å². The van der Waals surface area contributed by atoms with Crippen LogP contribution in [0.1, 0.15) is 179 Å². The summed E-state index contributed by atoms with van der Waals surface area (Å²) in [5.41, 5.74) is 8.87. The van der Waals surface area contributed by atoms with Gasteiger partial charge in [0.15, 0.2) is 11.5 Å². The first-order valence-electron chi connectivity index (χ1n) is 36.9. The van der Waals surface area contributed by atoms with Gasteiger partial charge in [-0.2, -0.15) is 0 Å². The Morgan fingerprint density at radius 3 is 2.55 bits per heavy atom. The van der Waals surface area contributed by atoms with Crippen molar-refractivity contribution in [2.24, 2.45) is 51.2 Å². The van der Waals surface area contributed by atoms with E-state index in [1.165, 1.54) is 31.2 Å². The van der Waals surface area contributed by atoms with Crippen LogP contribution in [0.2, 0.25) is 0 Å². The van der Waals surface area contributed by atoms with Crippen molar-refractivity contribution in [3.8, 4) is 46.3 Å². The molecule has 16 unspecified atom stereocenters. The van der Waals surface area contributed by atoms with Crippen molar-refractivity contribution < 1.29 is 54.1 Å². The maximum atomic E-state index is 16.3. The first-order chi connectivity index (χ1) is 49.0. The molecule has 0 saturated heterocycles. The van der Waals surface area contributed by atoms with Gasteiger partial charge in [0.2, 0.25) is 5.75 Å². The van der Waals surface area contributed by atoms with E-state index < -0.39 is 52.8 Å². The number of carbonyl (C=O) groups is 3. The molecule has 3 saturated carbocycles. The van der Waals surface area contributed by atoms with Crippen LogP contribution in [-0.4, -0.2) is 85.5 Å². The third-order valence-corrected chi connectivity index (χ3v) is 27.0. The number of allylic oxidation sites excluding steroid dienone is 12. The number of carbonyl (C=O) groups excluding carboxylic acids is 3. The van der Waals surface area contributed by atoms with Crippen LogP contribution in [-0.2, 0) is 25.5 Å². The van der Waals surface area contributed by atoms with Crippen molar-refractivity contribution in [2.75, 3.05) is 31.7 Å². The van der Waals surface area contributed by atoms with Crippen LogP contribution in [0.5, 0.6) is 34.5 Å². The molecule has 0 radical (unpaired) electrons. The number of phenols is 3. The summed E-state index contributed by atoms with van der Waals surface area (Å²) in [4.78, 5) is 49.4. The summed E-state index contributed by atoms with van der Waals surface area (Å²) in [5.74, 6) is 7.29. The molecular formula is C86H88N4O11. The highest BCUT2D eigenvalue weighted by Crippen LogP contribution is 2.79. The van der Waals surface area contributed by atoms with Crippen LogP contribution in [0, 0.1) is 63.1 Å². The van der Waals surface area contributed by atoms with Gasteiger partial charge in [-0.05, 0) is 211 Å². The number of rotatable bonds is 7. The minimum absolute atomic E-state index is 0.00691. The number of esters is 1. The normalized spacial score (nSPS) is 33.6. The molecule has 15 nitrogen and oxygen atoms in total. The smallest absolute Gasteiger partial charge is 0.302 e. The van der Waals surface area contributed by atoms with Crippen molar-refractivity contribution in [2.45, 2.75) is 152 Å². The average Bonchev–Trinajstić information content (AvgIpc) is 1.50. The molecule has 4 aromatic carbocycles. The fraction of sp³-hybridized carbons (Fsp3) is 0.430. The first kappa shape index (κ1) is 63.9. The zero-order valence-corrected chi connectivity index (χ0v) is 57.6. The van der Waals surface area contributed by atoms with E-state index in [1.54, 1.807) is 25.1 Å². The quantitative estimate of drug-likeness (QED) is 0.0450. The third kappa shape index (κ3) is 9.90. The molecule has 18 bridgehead atoms. The Hall–Kier alpha value is -9.23. The zero-order chi connectivity index (χ0) is 69.0. The molecule has 9 aliphatic carbocycles. The fourth-order valence-electron chi connectivity index (χ4n) is 23.0. The number of aliphatic hydroxyl groups excluding tert-OH is 2. The minimum atomic E-state index is -0.902. The standard InChI is InChI=1S/C86H88N4O11/c1-48(92)22-29-89-72-19-18-66-78-69(72)45-90-73(41-62(96)39-63(100-49(2)93)20-23-86-57-9-5-10-58(86)12-7-15-70(86)68-44-87-43-67(68)65(14-6-11-57)77(51-8-4-13-60(94)34-51)52-21-28-88-76(89)38-52)55-36-74(97)80(75(37-55)99-3)101-64-32-50(31-61(95)40-64)30-54-33-59-17-16-53-35-71(79(78)90)85(82(66)98)27-25-83(47-85)24-26-84(59,81(53)83)42-56(54)46-91/h4-5,7-10,13,15-19,21,31-32,34-38,40,43-45,54,56,58-59,63,65,70-71,73,77,81-82,87-88,91,94-95,97-98H,11-12,20,22-30,33,39,41-42,46-47H2,1-3H3. The Morgan fingerprint density at radius 1 is 0.861 bits per heavy atom. The number of ether oxygens (including phenoxy) is 3. The van der Waals surface area contributed by atoms with E-state index in [1.807, 2.05) is 24.3 Å². The Kier molecular flexibility index (Phi) is 15.2. The van der Waals surface area contributed by atoms with Crippen LogP contribution >= 0.6 is 0 Å². The maximum absolute atomic E-state index is 16.3. The number of methoxy groups -OCH3 is 1. The van der Waals surface area contributed by atoms with Crippen molar-refractivity contribution in [1.82, 2.24) is 14.9 Å². The van der Waals surface area contributed by atoms with Gasteiger partial charge in [0.25, 0.3) is 0 Å². The van der Waals surface area contributed by atoms with Gasteiger partial charge >= 0.3 is 5.97 Å². The number of hydrogen-bond acceptors (Lipinski definition) is 13. The lowest BCUT2D eigenvalue weighted by atomic mass is 9.49. The molecule has 0 amide bonds. The highest BCUT2D eigenvalue weighted by Gasteiger charge is 2.70. The molecule has 16 atom stereocenters. The van der Waals surface area contributed by atoms with E-state index in [9.17, 15) is 35.1 Å². The summed E-state index contributed by atoms with van der Waals surface area (Å²) in [6, 6.07) is 19.6. The van der Waals surface area contributed by atoms with Crippen molar-refractivity contribution >= 4 is 34.0 Å². The number of nitrogens with one attached hydrogen (secondary N) is 2. The summed E-state index contributed by atoms with van der Waals surface area (Å²) in [6.07, 6.45) is 36.8. The number of Topliss-reactive ketones (excluding diaryl/α,β-unsaturated/α-hetero) is 2. The average molecular weight is 1350 g/mol. The number of benzene rings is 4. The molecule has 3 fully saturated rings. The number of fused-ring (bicyclic) bond motifs is 1. The third-order valence-electron chi connectivity index (χ3n) is 27.0. The van der Waals surface area contributed by atoms with E-state index in [0.29, 0.717) is 43.5 Å². The largest absolute Gasteiger partial charge is 0.508 e. The van der Waals surface area contributed by atoms with Gasteiger partial charge < -0.3 is 59.5 Å².